The summed E-state index contributed by atoms with van der Waals surface area (Å²) in [5.41, 5.74) is 0. The fourth-order valence-electron chi connectivity index (χ4n) is 4.67. The molecule has 6 heteroatoms. The number of piperidine rings is 1. The molecule has 0 aromatic rings. The molecule has 3 aliphatic rings. The first kappa shape index (κ1) is 18.6. The first-order valence-corrected chi connectivity index (χ1v) is 11.7. The van der Waals surface area contributed by atoms with Gasteiger partial charge in [0.15, 0.2) is 9.84 Å². The maximum atomic E-state index is 11.6. The first-order chi connectivity index (χ1) is 11.5. The average Bonchev–Trinajstić information content (AvgIpc) is 2.61. The van der Waals surface area contributed by atoms with Crippen molar-refractivity contribution in [3.63, 3.8) is 0 Å². The van der Waals surface area contributed by atoms with Crippen molar-refractivity contribution < 1.29 is 13.5 Å². The molecule has 3 rings (SSSR count). The van der Waals surface area contributed by atoms with E-state index in [2.05, 4.69) is 9.80 Å². The summed E-state index contributed by atoms with van der Waals surface area (Å²) in [5.74, 6) is 1.20. The van der Waals surface area contributed by atoms with Gasteiger partial charge in [-0.05, 0) is 51.1 Å². The quantitative estimate of drug-likeness (QED) is 0.807. The standard InChI is InChI=1S/C18H34N2O3S/c21-18(16-4-2-1-3-5-16)8-11-19-9-6-17(7-10-19)20-12-14-24(22,23)15-13-20/h16-18,21H,1-15H2. The molecule has 1 aliphatic carbocycles. The van der Waals surface area contributed by atoms with Gasteiger partial charge in [-0.1, -0.05) is 19.3 Å². The highest BCUT2D eigenvalue weighted by Crippen LogP contribution is 2.28. The van der Waals surface area contributed by atoms with Gasteiger partial charge in [-0.3, -0.25) is 4.90 Å². The van der Waals surface area contributed by atoms with Crippen LogP contribution in [-0.4, -0.2) is 79.7 Å². The fraction of sp³-hybridized carbons (Fsp3) is 1.00. The lowest BCUT2D eigenvalue weighted by molar-refractivity contribution is 0.0556. The highest BCUT2D eigenvalue weighted by atomic mass is 32.2. The number of aliphatic hydroxyl groups is 1. The summed E-state index contributed by atoms with van der Waals surface area (Å²) in [7, 11) is -2.77. The van der Waals surface area contributed by atoms with E-state index < -0.39 is 9.84 Å². The van der Waals surface area contributed by atoms with Crippen LogP contribution in [0.4, 0.5) is 0 Å². The van der Waals surface area contributed by atoms with Crippen LogP contribution in [0.5, 0.6) is 0 Å². The second-order valence-electron chi connectivity index (χ2n) is 8.01. The maximum Gasteiger partial charge on any atom is 0.152 e. The highest BCUT2D eigenvalue weighted by Gasteiger charge is 2.30. The van der Waals surface area contributed by atoms with Crippen LogP contribution in [0.25, 0.3) is 0 Å². The number of sulfone groups is 1. The van der Waals surface area contributed by atoms with Crippen molar-refractivity contribution in [3.8, 4) is 0 Å². The van der Waals surface area contributed by atoms with Crippen LogP contribution in [0.2, 0.25) is 0 Å². The zero-order chi connectivity index (χ0) is 17.0. The molecule has 2 saturated heterocycles. The minimum atomic E-state index is -2.77. The molecule has 140 valence electrons. The topological polar surface area (TPSA) is 60.9 Å². The molecule has 0 spiro atoms. The van der Waals surface area contributed by atoms with Crippen molar-refractivity contribution in [2.24, 2.45) is 5.92 Å². The molecule has 24 heavy (non-hydrogen) atoms. The van der Waals surface area contributed by atoms with Crippen molar-refractivity contribution in [1.82, 2.24) is 9.80 Å². The molecule has 5 nitrogen and oxygen atoms in total. The van der Waals surface area contributed by atoms with E-state index in [0.717, 1.165) is 38.9 Å². The molecule has 0 radical (unpaired) electrons. The molecule has 3 fully saturated rings. The molecule has 0 aromatic heterocycles. The molecular formula is C18H34N2O3S. The van der Waals surface area contributed by atoms with Crippen molar-refractivity contribution >= 4 is 9.84 Å². The van der Waals surface area contributed by atoms with E-state index >= 15 is 0 Å². The molecule has 2 heterocycles. The Kier molecular flexibility index (Phi) is 6.57. The third-order valence-corrected chi connectivity index (χ3v) is 8.00. The number of aliphatic hydroxyl groups excluding tert-OH is 1. The van der Waals surface area contributed by atoms with Crippen LogP contribution in [0.1, 0.15) is 51.4 Å². The third kappa shape index (κ3) is 5.16. The normalized spacial score (nSPS) is 29.5. The van der Waals surface area contributed by atoms with Crippen LogP contribution in [0.15, 0.2) is 0 Å². The zero-order valence-electron chi connectivity index (χ0n) is 14.9. The van der Waals surface area contributed by atoms with Crippen LogP contribution in [0, 0.1) is 5.92 Å². The van der Waals surface area contributed by atoms with Gasteiger partial charge in [0.2, 0.25) is 0 Å². The van der Waals surface area contributed by atoms with Crippen molar-refractivity contribution in [1.29, 1.82) is 0 Å². The van der Waals surface area contributed by atoms with E-state index in [1.54, 1.807) is 0 Å². The number of likely N-dealkylation sites (tertiary alicyclic amines) is 1. The van der Waals surface area contributed by atoms with Gasteiger partial charge >= 0.3 is 0 Å². The fourth-order valence-corrected chi connectivity index (χ4v) is 5.90. The van der Waals surface area contributed by atoms with Gasteiger partial charge in [-0.15, -0.1) is 0 Å². The monoisotopic (exact) mass is 358 g/mol. The van der Waals surface area contributed by atoms with Gasteiger partial charge in [0.1, 0.15) is 0 Å². The molecule has 1 N–H and O–H groups in total. The first-order valence-electron chi connectivity index (χ1n) is 9.88. The molecule has 1 saturated carbocycles. The summed E-state index contributed by atoms with van der Waals surface area (Å²) in [6.45, 7) is 4.62. The number of hydrogen-bond donors (Lipinski definition) is 1. The Labute approximate surface area is 147 Å². The van der Waals surface area contributed by atoms with E-state index in [9.17, 15) is 13.5 Å². The lowest BCUT2D eigenvalue weighted by Gasteiger charge is -2.40. The van der Waals surface area contributed by atoms with Gasteiger partial charge in [0.25, 0.3) is 0 Å². The summed E-state index contributed by atoms with van der Waals surface area (Å²) >= 11 is 0. The van der Waals surface area contributed by atoms with E-state index in [0.29, 0.717) is 36.6 Å². The van der Waals surface area contributed by atoms with Crippen molar-refractivity contribution in [3.05, 3.63) is 0 Å². The summed E-state index contributed by atoms with van der Waals surface area (Å²) in [5, 5.41) is 10.4. The lowest BCUT2D eigenvalue weighted by Crippen LogP contribution is -2.50. The Morgan fingerprint density at radius 3 is 2.17 bits per heavy atom. The number of nitrogens with zero attached hydrogens (tertiary/aromatic N) is 2. The van der Waals surface area contributed by atoms with E-state index in [-0.39, 0.29) is 6.10 Å². The molecule has 1 atom stereocenters. The maximum absolute atomic E-state index is 11.6. The minimum absolute atomic E-state index is 0.115. The van der Waals surface area contributed by atoms with Crippen LogP contribution in [-0.2, 0) is 9.84 Å². The minimum Gasteiger partial charge on any atom is -0.393 e. The SMILES string of the molecule is O=S1(=O)CCN(C2CCN(CCC(O)C3CCCCC3)CC2)CC1. The van der Waals surface area contributed by atoms with Gasteiger partial charge < -0.3 is 10.0 Å². The molecule has 1 unspecified atom stereocenters. The number of rotatable bonds is 5. The molecule has 0 aromatic carbocycles. The second-order valence-corrected chi connectivity index (χ2v) is 10.3. The predicted octanol–water partition coefficient (Wildman–Crippen LogP) is 1.51. The smallest absolute Gasteiger partial charge is 0.152 e. The Hall–Kier alpha value is -0.170. The van der Waals surface area contributed by atoms with Crippen LogP contribution in [0.3, 0.4) is 0 Å². The Balaban J connectivity index is 1.35. The lowest BCUT2D eigenvalue weighted by atomic mass is 9.84. The van der Waals surface area contributed by atoms with Gasteiger partial charge in [0.05, 0.1) is 17.6 Å². The Morgan fingerprint density at radius 1 is 0.917 bits per heavy atom. The molecular weight excluding hydrogens is 324 g/mol. The zero-order valence-corrected chi connectivity index (χ0v) is 15.7. The predicted molar refractivity (Wildman–Crippen MR) is 96.9 cm³/mol. The summed E-state index contributed by atoms with van der Waals surface area (Å²) in [4.78, 5) is 4.87. The van der Waals surface area contributed by atoms with Gasteiger partial charge in [-0.25, -0.2) is 8.42 Å². The van der Waals surface area contributed by atoms with E-state index in [1.165, 1.54) is 32.1 Å². The summed E-state index contributed by atoms with van der Waals surface area (Å²) in [6.07, 6.45) is 9.42. The molecule has 2 aliphatic heterocycles. The van der Waals surface area contributed by atoms with Crippen molar-refractivity contribution in [2.45, 2.75) is 63.5 Å². The third-order valence-electron chi connectivity index (χ3n) is 6.39. The van der Waals surface area contributed by atoms with E-state index in [1.807, 2.05) is 0 Å². The number of hydrogen-bond acceptors (Lipinski definition) is 5. The highest BCUT2D eigenvalue weighted by molar-refractivity contribution is 7.91. The van der Waals surface area contributed by atoms with Crippen LogP contribution < -0.4 is 0 Å². The van der Waals surface area contributed by atoms with E-state index in [4.69, 9.17) is 0 Å². The van der Waals surface area contributed by atoms with Crippen LogP contribution >= 0.6 is 0 Å². The molecule has 0 amide bonds. The summed E-state index contributed by atoms with van der Waals surface area (Å²) in [6, 6.07) is 0.556. The van der Waals surface area contributed by atoms with Gasteiger partial charge in [-0.2, -0.15) is 0 Å². The average molecular weight is 359 g/mol. The van der Waals surface area contributed by atoms with Crippen molar-refractivity contribution in [2.75, 3.05) is 44.2 Å². The van der Waals surface area contributed by atoms with Gasteiger partial charge in [0, 0.05) is 25.7 Å². The summed E-state index contributed by atoms with van der Waals surface area (Å²) < 4.78 is 23.1. The Morgan fingerprint density at radius 2 is 1.54 bits per heavy atom. The molecule has 0 bridgehead atoms. The second kappa shape index (κ2) is 8.47. The Bertz CT molecular complexity index is 468. The largest absolute Gasteiger partial charge is 0.393 e.